The Balaban J connectivity index is 1.84. The SMILES string of the molecule is NC(=NO)C1(C(=O)N2CCC3CCCCC32)CCOCC1. The molecule has 1 saturated carbocycles. The lowest BCUT2D eigenvalue weighted by Gasteiger charge is -2.40. The molecule has 0 aromatic heterocycles. The number of carbonyl (C=O) groups excluding carboxylic acids is 1. The van der Waals surface area contributed by atoms with E-state index in [1.54, 1.807) is 0 Å². The third-order valence-corrected chi connectivity index (χ3v) is 5.62. The van der Waals surface area contributed by atoms with Crippen molar-refractivity contribution in [2.45, 2.75) is 51.0 Å². The highest BCUT2D eigenvalue weighted by molar-refractivity contribution is 6.07. The molecular formula is C15H25N3O3. The molecular weight excluding hydrogens is 270 g/mol. The second kappa shape index (κ2) is 5.83. The topological polar surface area (TPSA) is 88.2 Å². The molecule has 0 radical (unpaired) electrons. The number of nitrogens with zero attached hydrogens (tertiary/aromatic N) is 2. The summed E-state index contributed by atoms with van der Waals surface area (Å²) in [6, 6.07) is 0.359. The van der Waals surface area contributed by atoms with Gasteiger partial charge in [0.25, 0.3) is 0 Å². The van der Waals surface area contributed by atoms with Gasteiger partial charge in [-0.05, 0) is 38.0 Å². The van der Waals surface area contributed by atoms with Crippen LogP contribution in [0.4, 0.5) is 0 Å². The number of amides is 1. The molecule has 2 atom stereocenters. The standard InChI is InChI=1S/C15H25N3O3/c16-13(17-20)15(6-9-21-10-7-15)14(19)18-8-5-11-3-1-2-4-12(11)18/h11-12,20H,1-10H2,(H2,16,17). The van der Waals surface area contributed by atoms with E-state index >= 15 is 0 Å². The van der Waals surface area contributed by atoms with Crippen LogP contribution >= 0.6 is 0 Å². The summed E-state index contributed by atoms with van der Waals surface area (Å²) in [6.07, 6.45) is 6.92. The minimum Gasteiger partial charge on any atom is -0.409 e. The summed E-state index contributed by atoms with van der Waals surface area (Å²) in [6.45, 7) is 1.79. The van der Waals surface area contributed by atoms with Crippen LogP contribution in [0.1, 0.15) is 44.9 Å². The first-order valence-electron chi connectivity index (χ1n) is 8.06. The molecule has 3 N–H and O–H groups in total. The van der Waals surface area contributed by atoms with Crippen molar-refractivity contribution in [3.05, 3.63) is 0 Å². The van der Waals surface area contributed by atoms with Crippen molar-refractivity contribution in [2.24, 2.45) is 22.2 Å². The van der Waals surface area contributed by atoms with E-state index < -0.39 is 5.41 Å². The van der Waals surface area contributed by atoms with E-state index in [-0.39, 0.29) is 11.7 Å². The maximum atomic E-state index is 13.2. The van der Waals surface area contributed by atoms with Crippen LogP contribution in [-0.4, -0.2) is 47.7 Å². The van der Waals surface area contributed by atoms with E-state index in [0.717, 1.165) is 19.4 Å². The van der Waals surface area contributed by atoms with Crippen molar-refractivity contribution in [3.8, 4) is 0 Å². The Morgan fingerprint density at radius 3 is 2.67 bits per heavy atom. The predicted octanol–water partition coefficient (Wildman–Crippen LogP) is 1.32. The summed E-state index contributed by atoms with van der Waals surface area (Å²) in [7, 11) is 0. The second-order valence-corrected chi connectivity index (χ2v) is 6.58. The molecule has 2 saturated heterocycles. The average Bonchev–Trinajstić information content (AvgIpc) is 2.98. The predicted molar refractivity (Wildman–Crippen MR) is 78.0 cm³/mol. The minimum absolute atomic E-state index is 0.0510. The van der Waals surface area contributed by atoms with Gasteiger partial charge < -0.3 is 20.6 Å². The van der Waals surface area contributed by atoms with E-state index in [9.17, 15) is 4.79 Å². The third-order valence-electron chi connectivity index (χ3n) is 5.62. The normalized spacial score (nSPS) is 32.8. The van der Waals surface area contributed by atoms with Gasteiger partial charge in [0.1, 0.15) is 5.41 Å². The number of nitrogens with two attached hydrogens (primary N) is 1. The number of amidine groups is 1. The first-order chi connectivity index (χ1) is 10.2. The first kappa shape index (κ1) is 14.6. The maximum absolute atomic E-state index is 13.2. The van der Waals surface area contributed by atoms with Gasteiger partial charge in [-0.15, -0.1) is 0 Å². The van der Waals surface area contributed by atoms with Crippen molar-refractivity contribution in [3.63, 3.8) is 0 Å². The Bertz CT molecular complexity index is 432. The Morgan fingerprint density at radius 2 is 1.95 bits per heavy atom. The number of hydrogen-bond donors (Lipinski definition) is 2. The van der Waals surface area contributed by atoms with Crippen LogP contribution in [0.15, 0.2) is 5.16 Å². The molecule has 21 heavy (non-hydrogen) atoms. The fourth-order valence-corrected chi connectivity index (χ4v) is 4.33. The molecule has 2 unspecified atom stereocenters. The number of fused-ring (bicyclic) bond motifs is 1. The highest BCUT2D eigenvalue weighted by Gasteiger charge is 2.50. The van der Waals surface area contributed by atoms with Crippen LogP contribution in [0, 0.1) is 11.3 Å². The van der Waals surface area contributed by atoms with Gasteiger partial charge in [0, 0.05) is 25.8 Å². The van der Waals surface area contributed by atoms with Crippen molar-refractivity contribution < 1.29 is 14.7 Å². The molecule has 1 amide bonds. The molecule has 118 valence electrons. The van der Waals surface area contributed by atoms with Gasteiger partial charge in [0.15, 0.2) is 5.84 Å². The summed E-state index contributed by atoms with van der Waals surface area (Å²) >= 11 is 0. The molecule has 6 nitrogen and oxygen atoms in total. The quantitative estimate of drug-likeness (QED) is 0.348. The van der Waals surface area contributed by atoms with Gasteiger partial charge in [-0.2, -0.15) is 0 Å². The van der Waals surface area contributed by atoms with Crippen LogP contribution in [-0.2, 0) is 9.53 Å². The maximum Gasteiger partial charge on any atom is 0.236 e. The lowest BCUT2D eigenvalue weighted by atomic mass is 9.77. The van der Waals surface area contributed by atoms with Crippen LogP contribution in [0.2, 0.25) is 0 Å². The number of likely N-dealkylation sites (tertiary alicyclic amines) is 1. The summed E-state index contributed by atoms with van der Waals surface area (Å²) in [5.41, 5.74) is 5.05. The molecule has 0 aromatic rings. The number of hydrogen-bond acceptors (Lipinski definition) is 4. The Labute approximate surface area is 125 Å². The van der Waals surface area contributed by atoms with Crippen LogP contribution < -0.4 is 5.73 Å². The van der Waals surface area contributed by atoms with Gasteiger partial charge in [0.2, 0.25) is 5.91 Å². The smallest absolute Gasteiger partial charge is 0.236 e. The zero-order valence-corrected chi connectivity index (χ0v) is 12.5. The summed E-state index contributed by atoms with van der Waals surface area (Å²) in [5.74, 6) is 0.748. The van der Waals surface area contributed by atoms with Gasteiger partial charge in [-0.3, -0.25) is 4.79 Å². The van der Waals surface area contributed by atoms with Gasteiger partial charge in [-0.25, -0.2) is 0 Å². The zero-order valence-electron chi connectivity index (χ0n) is 12.5. The monoisotopic (exact) mass is 295 g/mol. The summed E-state index contributed by atoms with van der Waals surface area (Å²) in [4.78, 5) is 15.2. The fraction of sp³-hybridized carbons (Fsp3) is 0.867. The first-order valence-corrected chi connectivity index (χ1v) is 8.06. The van der Waals surface area contributed by atoms with E-state index in [1.807, 2.05) is 4.90 Å². The lowest BCUT2D eigenvalue weighted by molar-refractivity contribution is -0.144. The molecule has 1 aliphatic carbocycles. The van der Waals surface area contributed by atoms with Crippen molar-refractivity contribution in [1.29, 1.82) is 0 Å². The highest BCUT2D eigenvalue weighted by Crippen LogP contribution is 2.41. The van der Waals surface area contributed by atoms with Crippen molar-refractivity contribution in [1.82, 2.24) is 4.90 Å². The lowest BCUT2D eigenvalue weighted by Crippen LogP contribution is -2.55. The number of ether oxygens (including phenoxy) is 1. The minimum atomic E-state index is -0.862. The van der Waals surface area contributed by atoms with E-state index in [0.29, 0.717) is 38.0 Å². The largest absolute Gasteiger partial charge is 0.409 e. The molecule has 3 aliphatic rings. The number of oxime groups is 1. The van der Waals surface area contributed by atoms with Crippen LogP contribution in [0.25, 0.3) is 0 Å². The van der Waals surface area contributed by atoms with Crippen LogP contribution in [0.5, 0.6) is 0 Å². The third kappa shape index (κ3) is 2.39. The van der Waals surface area contributed by atoms with E-state index in [4.69, 9.17) is 15.7 Å². The Hall–Kier alpha value is -1.30. The Morgan fingerprint density at radius 1 is 1.24 bits per heavy atom. The fourth-order valence-electron chi connectivity index (χ4n) is 4.33. The average molecular weight is 295 g/mol. The molecule has 2 heterocycles. The molecule has 3 fully saturated rings. The molecule has 0 spiro atoms. The summed E-state index contributed by atoms with van der Waals surface area (Å²) < 4.78 is 5.38. The van der Waals surface area contributed by atoms with Crippen molar-refractivity contribution in [2.75, 3.05) is 19.8 Å². The van der Waals surface area contributed by atoms with Gasteiger partial charge in [-0.1, -0.05) is 18.0 Å². The van der Waals surface area contributed by atoms with E-state index in [1.165, 1.54) is 19.3 Å². The molecule has 2 aliphatic heterocycles. The number of carbonyl (C=O) groups is 1. The zero-order chi connectivity index (χ0) is 14.9. The molecule has 6 heteroatoms. The van der Waals surface area contributed by atoms with E-state index in [2.05, 4.69) is 5.16 Å². The van der Waals surface area contributed by atoms with Crippen molar-refractivity contribution >= 4 is 11.7 Å². The summed E-state index contributed by atoms with van der Waals surface area (Å²) in [5, 5.41) is 12.3. The molecule has 3 rings (SSSR count). The molecule has 0 bridgehead atoms. The highest BCUT2D eigenvalue weighted by atomic mass is 16.5. The van der Waals surface area contributed by atoms with Gasteiger partial charge in [0.05, 0.1) is 0 Å². The number of rotatable bonds is 2. The van der Waals surface area contributed by atoms with Crippen LogP contribution in [0.3, 0.4) is 0 Å². The molecule has 0 aromatic carbocycles. The second-order valence-electron chi connectivity index (χ2n) is 6.58. The van der Waals surface area contributed by atoms with Gasteiger partial charge >= 0.3 is 0 Å². The Kier molecular flexibility index (Phi) is 4.06.